The van der Waals surface area contributed by atoms with Gasteiger partial charge in [0.05, 0.1) is 11.6 Å². The van der Waals surface area contributed by atoms with Crippen molar-refractivity contribution >= 4 is 23.4 Å². The van der Waals surface area contributed by atoms with Gasteiger partial charge in [-0.05, 0) is 56.8 Å². The summed E-state index contributed by atoms with van der Waals surface area (Å²) >= 11 is 5.72. The molecule has 5 nitrogen and oxygen atoms in total. The zero-order chi connectivity index (χ0) is 19.6. The fraction of sp³-hybridized carbons (Fsp3) is 0.600. The molecule has 0 bridgehead atoms. The largest absolute Gasteiger partial charge is 0.348 e. The molecule has 2 aliphatic rings. The minimum Gasteiger partial charge on any atom is -0.348 e. The van der Waals surface area contributed by atoms with E-state index in [0.29, 0.717) is 25.2 Å². The second-order valence-electron chi connectivity index (χ2n) is 7.81. The Morgan fingerprint density at radius 2 is 1.85 bits per heavy atom. The van der Waals surface area contributed by atoms with Crippen LogP contribution >= 0.6 is 11.6 Å². The van der Waals surface area contributed by atoms with E-state index in [2.05, 4.69) is 4.90 Å². The lowest BCUT2D eigenvalue weighted by Gasteiger charge is -2.38. The predicted molar refractivity (Wildman–Crippen MR) is 103 cm³/mol. The van der Waals surface area contributed by atoms with Crippen LogP contribution in [0.4, 0.5) is 4.39 Å². The fourth-order valence-electron chi connectivity index (χ4n) is 4.31. The molecule has 2 fully saturated rings. The van der Waals surface area contributed by atoms with Crippen LogP contribution in [0.1, 0.15) is 42.5 Å². The van der Waals surface area contributed by atoms with Crippen LogP contribution in [0.15, 0.2) is 18.2 Å². The average molecular weight is 396 g/mol. The summed E-state index contributed by atoms with van der Waals surface area (Å²) in [5.74, 6) is -0.611. The number of hydrogen-bond acceptors (Lipinski definition) is 3. The van der Waals surface area contributed by atoms with Crippen molar-refractivity contribution in [1.29, 1.82) is 0 Å². The van der Waals surface area contributed by atoms with Crippen molar-refractivity contribution in [3.63, 3.8) is 0 Å². The highest BCUT2D eigenvalue weighted by Gasteiger charge is 2.42. The molecule has 1 atom stereocenters. The first-order valence-electron chi connectivity index (χ1n) is 9.52. The van der Waals surface area contributed by atoms with Crippen molar-refractivity contribution in [2.45, 2.75) is 37.6 Å². The summed E-state index contributed by atoms with van der Waals surface area (Å²) in [4.78, 5) is 30.8. The van der Waals surface area contributed by atoms with E-state index in [1.54, 1.807) is 25.1 Å². The van der Waals surface area contributed by atoms with Crippen LogP contribution in [-0.4, -0.2) is 72.3 Å². The SMILES string of the molecule is CN(C)C(=O)CN1CCC[C@@]12CCCN(C(=O)c1ccc(Cl)c(F)c1)CC2. The summed E-state index contributed by atoms with van der Waals surface area (Å²) in [5, 5.41) is 0.0218. The standard InChI is InChI=1S/C20H27ClFN3O2/c1-23(2)18(26)14-25-11-4-8-20(25)7-3-10-24(12-9-20)19(27)15-5-6-16(21)17(22)13-15/h5-6,13H,3-4,7-12,14H2,1-2H3/t20-/m1/s1. The number of carbonyl (C=O) groups is 2. The molecule has 1 aromatic carbocycles. The van der Waals surface area contributed by atoms with Gasteiger partial charge in [0.1, 0.15) is 5.82 Å². The number of amides is 2. The van der Waals surface area contributed by atoms with Gasteiger partial charge in [-0.2, -0.15) is 0 Å². The van der Waals surface area contributed by atoms with Gasteiger partial charge in [0.15, 0.2) is 0 Å². The van der Waals surface area contributed by atoms with Crippen LogP contribution in [0.3, 0.4) is 0 Å². The summed E-state index contributed by atoms with van der Waals surface area (Å²) in [5.41, 5.74) is 0.324. The third-order valence-corrected chi connectivity index (χ3v) is 6.24. The fourth-order valence-corrected chi connectivity index (χ4v) is 4.42. The van der Waals surface area contributed by atoms with Gasteiger partial charge in [-0.1, -0.05) is 11.6 Å². The van der Waals surface area contributed by atoms with E-state index in [-0.39, 0.29) is 22.4 Å². The molecule has 0 saturated carbocycles. The van der Waals surface area contributed by atoms with Gasteiger partial charge < -0.3 is 9.80 Å². The van der Waals surface area contributed by atoms with E-state index in [0.717, 1.165) is 38.6 Å². The molecule has 3 rings (SSSR count). The topological polar surface area (TPSA) is 43.9 Å². The van der Waals surface area contributed by atoms with Gasteiger partial charge in [0, 0.05) is 38.3 Å². The van der Waals surface area contributed by atoms with Crippen LogP contribution in [0.2, 0.25) is 5.02 Å². The second kappa shape index (κ2) is 8.15. The first-order chi connectivity index (χ1) is 12.8. The Bertz CT molecular complexity index is 727. The Balaban J connectivity index is 1.70. The first kappa shape index (κ1) is 20.1. The maximum absolute atomic E-state index is 13.7. The van der Waals surface area contributed by atoms with E-state index < -0.39 is 5.82 Å². The van der Waals surface area contributed by atoms with E-state index >= 15 is 0 Å². The highest BCUT2D eigenvalue weighted by molar-refractivity contribution is 6.30. The number of hydrogen-bond donors (Lipinski definition) is 0. The number of halogens is 2. The van der Waals surface area contributed by atoms with Crippen molar-refractivity contribution in [2.75, 3.05) is 40.3 Å². The Morgan fingerprint density at radius 3 is 2.52 bits per heavy atom. The van der Waals surface area contributed by atoms with Crippen LogP contribution < -0.4 is 0 Å². The molecule has 2 aliphatic heterocycles. The third kappa shape index (κ3) is 4.27. The summed E-state index contributed by atoms with van der Waals surface area (Å²) in [6.07, 6.45) is 4.85. The Kier molecular flexibility index (Phi) is 6.06. The maximum atomic E-state index is 13.7. The molecule has 1 spiro atoms. The lowest BCUT2D eigenvalue weighted by atomic mass is 9.87. The molecule has 148 valence electrons. The number of nitrogens with zero attached hydrogens (tertiary/aromatic N) is 3. The van der Waals surface area contributed by atoms with Gasteiger partial charge in [0.25, 0.3) is 5.91 Å². The van der Waals surface area contributed by atoms with Gasteiger partial charge in [-0.3, -0.25) is 14.5 Å². The number of carbonyl (C=O) groups excluding carboxylic acids is 2. The smallest absolute Gasteiger partial charge is 0.253 e. The van der Waals surface area contributed by atoms with Crippen LogP contribution in [0.25, 0.3) is 0 Å². The highest BCUT2D eigenvalue weighted by Crippen LogP contribution is 2.38. The van der Waals surface area contributed by atoms with Crippen LogP contribution in [-0.2, 0) is 4.79 Å². The summed E-state index contributed by atoms with van der Waals surface area (Å²) in [7, 11) is 3.56. The van der Waals surface area contributed by atoms with Crippen molar-refractivity contribution in [1.82, 2.24) is 14.7 Å². The zero-order valence-corrected chi connectivity index (χ0v) is 16.8. The van der Waals surface area contributed by atoms with Gasteiger partial charge in [0.2, 0.25) is 5.91 Å². The zero-order valence-electron chi connectivity index (χ0n) is 16.0. The summed E-state index contributed by atoms with van der Waals surface area (Å²) < 4.78 is 13.7. The summed E-state index contributed by atoms with van der Waals surface area (Å²) in [6.45, 7) is 2.63. The van der Waals surface area contributed by atoms with Gasteiger partial charge in [-0.15, -0.1) is 0 Å². The Labute approximate surface area is 165 Å². The van der Waals surface area contributed by atoms with Crippen molar-refractivity contribution in [3.05, 3.63) is 34.6 Å². The number of benzene rings is 1. The molecule has 1 aromatic rings. The monoisotopic (exact) mass is 395 g/mol. The molecular formula is C20H27ClFN3O2. The predicted octanol–water partition coefficient (Wildman–Crippen LogP) is 3.03. The van der Waals surface area contributed by atoms with Crippen LogP contribution in [0, 0.1) is 5.82 Å². The second-order valence-corrected chi connectivity index (χ2v) is 8.22. The number of likely N-dealkylation sites (tertiary alicyclic amines) is 2. The molecule has 27 heavy (non-hydrogen) atoms. The van der Waals surface area contributed by atoms with E-state index in [1.165, 1.54) is 12.1 Å². The first-order valence-corrected chi connectivity index (χ1v) is 9.90. The molecule has 0 aromatic heterocycles. The normalized spacial score (nSPS) is 23.5. The molecule has 2 heterocycles. The Hall–Kier alpha value is -1.66. The highest BCUT2D eigenvalue weighted by atomic mass is 35.5. The molecular weight excluding hydrogens is 369 g/mol. The van der Waals surface area contributed by atoms with E-state index in [4.69, 9.17) is 11.6 Å². The van der Waals surface area contributed by atoms with E-state index in [9.17, 15) is 14.0 Å². The minimum atomic E-state index is -0.571. The van der Waals surface area contributed by atoms with Crippen LogP contribution in [0.5, 0.6) is 0 Å². The Morgan fingerprint density at radius 1 is 1.15 bits per heavy atom. The average Bonchev–Trinajstić information content (AvgIpc) is 2.88. The molecule has 0 radical (unpaired) electrons. The van der Waals surface area contributed by atoms with Crippen molar-refractivity contribution in [2.24, 2.45) is 0 Å². The number of rotatable bonds is 3. The minimum absolute atomic E-state index is 0.00799. The molecule has 2 amide bonds. The van der Waals surface area contributed by atoms with Crippen molar-refractivity contribution < 1.29 is 14.0 Å². The van der Waals surface area contributed by atoms with Gasteiger partial charge in [-0.25, -0.2) is 4.39 Å². The van der Waals surface area contributed by atoms with Gasteiger partial charge >= 0.3 is 0 Å². The lowest BCUT2D eigenvalue weighted by molar-refractivity contribution is -0.131. The lowest BCUT2D eigenvalue weighted by Crippen LogP contribution is -2.48. The molecule has 0 aliphatic carbocycles. The molecule has 0 N–H and O–H groups in total. The molecule has 2 saturated heterocycles. The summed E-state index contributed by atoms with van der Waals surface area (Å²) in [6, 6.07) is 4.21. The molecule has 7 heteroatoms. The van der Waals surface area contributed by atoms with Crippen molar-refractivity contribution in [3.8, 4) is 0 Å². The maximum Gasteiger partial charge on any atom is 0.253 e. The third-order valence-electron chi connectivity index (χ3n) is 5.94. The number of likely N-dealkylation sites (N-methyl/N-ethyl adjacent to an activating group) is 1. The quantitative estimate of drug-likeness (QED) is 0.790. The van der Waals surface area contributed by atoms with E-state index in [1.807, 2.05) is 4.90 Å². The molecule has 0 unspecified atom stereocenters.